The Balaban J connectivity index is 0.00000392. The molecule has 1 N–H and O–H groups in total. The second kappa shape index (κ2) is 12.2. The monoisotopic (exact) mass is 411 g/mol. The summed E-state index contributed by atoms with van der Waals surface area (Å²) >= 11 is 0. The first-order valence-electron chi connectivity index (χ1n) is 8.78. The summed E-state index contributed by atoms with van der Waals surface area (Å²) < 4.78 is 20.6. The average Bonchev–Trinajstić information content (AvgIpc) is 3.18. The Bertz CT molecular complexity index is 740. The zero-order valence-electron chi connectivity index (χ0n) is 16.3. The summed E-state index contributed by atoms with van der Waals surface area (Å²) in [5, 5.41) is 3.28. The normalized spacial score (nSPS) is 10.2. The fraction of sp³-hybridized carbons (Fsp3) is 0.400. The zero-order valence-corrected chi connectivity index (χ0v) is 17.1. The first-order valence-corrected chi connectivity index (χ1v) is 8.78. The number of hydrogen-bond acceptors (Lipinski definition) is 7. The van der Waals surface area contributed by atoms with Gasteiger partial charge >= 0.3 is 11.9 Å². The van der Waals surface area contributed by atoms with Gasteiger partial charge in [0, 0.05) is 18.8 Å². The molecule has 0 saturated heterocycles. The molecule has 0 spiro atoms. The van der Waals surface area contributed by atoms with Crippen LogP contribution in [0.15, 0.2) is 34.7 Å². The summed E-state index contributed by atoms with van der Waals surface area (Å²) in [6.07, 6.45) is 0.922. The van der Waals surface area contributed by atoms with Crippen LogP contribution in [-0.2, 0) is 20.8 Å². The lowest BCUT2D eigenvalue weighted by molar-refractivity contribution is 0.0599. The van der Waals surface area contributed by atoms with E-state index in [1.54, 1.807) is 18.2 Å². The number of hydrogen-bond donors (Lipinski definition) is 1. The van der Waals surface area contributed by atoms with Gasteiger partial charge in [-0.3, -0.25) is 0 Å². The van der Waals surface area contributed by atoms with Gasteiger partial charge in [0.15, 0.2) is 0 Å². The van der Waals surface area contributed by atoms with E-state index in [1.165, 1.54) is 20.3 Å². The molecule has 0 bridgehead atoms. The highest BCUT2D eigenvalue weighted by molar-refractivity contribution is 5.97. The van der Waals surface area contributed by atoms with E-state index in [2.05, 4.69) is 5.32 Å². The van der Waals surface area contributed by atoms with Crippen LogP contribution >= 0.6 is 12.4 Å². The van der Waals surface area contributed by atoms with Crippen molar-refractivity contribution in [2.75, 3.05) is 34.0 Å². The first kappa shape index (κ1) is 23.7. The molecule has 1 aromatic heterocycles. The van der Waals surface area contributed by atoms with Crippen LogP contribution in [0.3, 0.4) is 0 Å². The van der Waals surface area contributed by atoms with Gasteiger partial charge in [0.05, 0.1) is 31.9 Å². The van der Waals surface area contributed by atoms with Crippen LogP contribution in [0.2, 0.25) is 0 Å². The lowest BCUT2D eigenvalue weighted by atomic mass is 10.0. The third kappa shape index (κ3) is 6.67. The van der Waals surface area contributed by atoms with E-state index >= 15 is 0 Å². The molecular formula is C20H26ClNO6. The van der Waals surface area contributed by atoms with Crippen LogP contribution in [0.1, 0.15) is 39.8 Å². The van der Waals surface area contributed by atoms with E-state index in [4.69, 9.17) is 18.6 Å². The van der Waals surface area contributed by atoms with Crippen molar-refractivity contribution in [3.05, 3.63) is 47.2 Å². The third-order valence-electron chi connectivity index (χ3n) is 3.87. The van der Waals surface area contributed by atoms with Gasteiger partial charge < -0.3 is 23.9 Å². The highest BCUT2D eigenvalue weighted by Crippen LogP contribution is 2.25. The average molecular weight is 412 g/mol. The molecular weight excluding hydrogens is 386 g/mol. The third-order valence-corrected chi connectivity index (χ3v) is 3.87. The Labute approximate surface area is 170 Å². The van der Waals surface area contributed by atoms with Gasteiger partial charge in [-0.2, -0.15) is 0 Å². The van der Waals surface area contributed by atoms with Gasteiger partial charge in [-0.25, -0.2) is 9.59 Å². The molecule has 0 unspecified atom stereocenters. The molecule has 1 heterocycles. The summed E-state index contributed by atoms with van der Waals surface area (Å²) in [5.74, 6) is 0.232. The Morgan fingerprint density at radius 1 is 1.04 bits per heavy atom. The second-order valence-electron chi connectivity index (χ2n) is 5.78. The maximum atomic E-state index is 11.9. The molecule has 0 amide bonds. The highest BCUT2D eigenvalue weighted by Gasteiger charge is 2.16. The van der Waals surface area contributed by atoms with Crippen LogP contribution < -0.4 is 5.32 Å². The van der Waals surface area contributed by atoms with Crippen molar-refractivity contribution in [3.8, 4) is 11.3 Å². The highest BCUT2D eigenvalue weighted by atomic mass is 35.5. The molecule has 0 radical (unpaired) electrons. The van der Waals surface area contributed by atoms with E-state index < -0.39 is 11.9 Å². The Hall–Kier alpha value is -2.35. The summed E-state index contributed by atoms with van der Waals surface area (Å²) in [5.41, 5.74) is 1.10. The number of esters is 2. The number of furan rings is 1. The molecule has 0 atom stereocenters. The smallest absolute Gasteiger partial charge is 0.337 e. The summed E-state index contributed by atoms with van der Waals surface area (Å²) in [4.78, 5) is 23.8. The maximum Gasteiger partial charge on any atom is 0.337 e. The number of ether oxygens (including phenoxy) is 3. The quantitative estimate of drug-likeness (QED) is 0.473. The summed E-state index contributed by atoms with van der Waals surface area (Å²) in [6, 6.07) is 8.33. The van der Waals surface area contributed by atoms with Gasteiger partial charge in [0.2, 0.25) is 0 Å². The largest absolute Gasteiger partial charge is 0.465 e. The number of nitrogens with one attached hydrogen (secondary N) is 1. The number of rotatable bonds is 10. The molecule has 1 aromatic carbocycles. The van der Waals surface area contributed by atoms with Crippen LogP contribution in [0, 0.1) is 0 Å². The van der Waals surface area contributed by atoms with E-state index in [9.17, 15) is 9.59 Å². The minimum Gasteiger partial charge on any atom is -0.465 e. The molecule has 0 saturated carbocycles. The fourth-order valence-electron chi connectivity index (χ4n) is 2.52. The van der Waals surface area contributed by atoms with Crippen molar-refractivity contribution < 1.29 is 28.2 Å². The Morgan fingerprint density at radius 3 is 2.25 bits per heavy atom. The molecule has 7 nitrogen and oxygen atoms in total. The fourth-order valence-corrected chi connectivity index (χ4v) is 2.52. The van der Waals surface area contributed by atoms with Gasteiger partial charge in [-0.1, -0.05) is 0 Å². The van der Waals surface area contributed by atoms with Crippen LogP contribution in [0.4, 0.5) is 0 Å². The zero-order chi connectivity index (χ0) is 19.6. The first-order chi connectivity index (χ1) is 13.1. The molecule has 0 aliphatic rings. The molecule has 8 heteroatoms. The minimum atomic E-state index is -0.537. The predicted octanol–water partition coefficient (Wildman–Crippen LogP) is 3.46. The van der Waals surface area contributed by atoms with Gasteiger partial charge in [0.1, 0.15) is 11.5 Å². The Kier molecular flexibility index (Phi) is 10.3. The maximum absolute atomic E-state index is 11.9. The number of carbonyl (C=O) groups is 2. The Morgan fingerprint density at radius 2 is 1.68 bits per heavy atom. The molecule has 0 aliphatic carbocycles. The number of carbonyl (C=O) groups excluding carboxylic acids is 2. The minimum absolute atomic E-state index is 0. The summed E-state index contributed by atoms with van der Waals surface area (Å²) in [7, 11) is 2.57. The van der Waals surface area contributed by atoms with Crippen molar-refractivity contribution in [1.29, 1.82) is 0 Å². The van der Waals surface area contributed by atoms with E-state index in [-0.39, 0.29) is 23.5 Å². The molecule has 28 heavy (non-hydrogen) atoms. The number of halogens is 1. The van der Waals surface area contributed by atoms with Gasteiger partial charge in [-0.15, -0.1) is 12.4 Å². The molecule has 154 valence electrons. The van der Waals surface area contributed by atoms with E-state index in [1.807, 2.05) is 13.0 Å². The number of methoxy groups -OCH3 is 2. The second-order valence-corrected chi connectivity index (χ2v) is 5.78. The van der Waals surface area contributed by atoms with Crippen molar-refractivity contribution in [2.24, 2.45) is 0 Å². The SMILES string of the molecule is CCOCCCNCc1ccc(-c2cc(C(=O)OC)cc(C(=O)OC)c2)o1.Cl. The van der Waals surface area contributed by atoms with E-state index in [0.29, 0.717) is 17.9 Å². The molecule has 0 aliphatic heterocycles. The molecule has 2 aromatic rings. The van der Waals surface area contributed by atoms with Crippen molar-refractivity contribution in [3.63, 3.8) is 0 Å². The van der Waals surface area contributed by atoms with Crippen LogP contribution in [-0.4, -0.2) is 45.9 Å². The van der Waals surface area contributed by atoms with Crippen molar-refractivity contribution >= 4 is 24.3 Å². The lowest BCUT2D eigenvalue weighted by Gasteiger charge is -2.07. The van der Waals surface area contributed by atoms with Crippen molar-refractivity contribution in [2.45, 2.75) is 19.9 Å². The topological polar surface area (TPSA) is 87.0 Å². The van der Waals surface area contributed by atoms with Gasteiger partial charge in [0.25, 0.3) is 0 Å². The summed E-state index contributed by atoms with van der Waals surface area (Å²) in [6.45, 7) is 4.81. The standard InChI is InChI=1S/C20H25NO6.ClH/c1-4-26-9-5-8-21-13-17-6-7-18(27-17)14-10-15(19(22)24-2)12-16(11-14)20(23)25-3;/h6-7,10-12,21H,4-5,8-9,13H2,1-3H3;1H. The van der Waals surface area contributed by atoms with Crippen LogP contribution in [0.5, 0.6) is 0 Å². The molecule has 0 fully saturated rings. The van der Waals surface area contributed by atoms with Crippen LogP contribution in [0.25, 0.3) is 11.3 Å². The molecule has 2 rings (SSSR count). The van der Waals surface area contributed by atoms with Gasteiger partial charge in [-0.05, 0) is 50.2 Å². The predicted molar refractivity (Wildman–Crippen MR) is 107 cm³/mol. The number of benzene rings is 1. The van der Waals surface area contributed by atoms with E-state index in [0.717, 1.165) is 31.9 Å². The lowest BCUT2D eigenvalue weighted by Crippen LogP contribution is -2.15. The van der Waals surface area contributed by atoms with Crippen molar-refractivity contribution in [1.82, 2.24) is 5.32 Å².